The standard InChI is InChI=1S/C6H12N2O2/c1-5(6(9)10)4-8-3-2-7/h4-5H,2-3,7H2,1H3,(H,9,10). The van der Waals surface area contributed by atoms with Crippen LogP contribution in [-0.2, 0) is 4.79 Å². The summed E-state index contributed by atoms with van der Waals surface area (Å²) < 4.78 is 0. The highest BCUT2D eigenvalue weighted by Gasteiger charge is 2.05. The van der Waals surface area contributed by atoms with Crippen molar-refractivity contribution >= 4 is 12.2 Å². The number of aliphatic carboxylic acids is 1. The molecule has 3 N–H and O–H groups in total. The predicted molar refractivity (Wildman–Crippen MR) is 39.2 cm³/mol. The molecule has 0 bridgehead atoms. The average molecular weight is 144 g/mol. The summed E-state index contributed by atoms with van der Waals surface area (Å²) in [4.78, 5) is 14.0. The number of hydrogen-bond donors (Lipinski definition) is 2. The number of nitrogens with zero attached hydrogens (tertiary/aromatic N) is 1. The van der Waals surface area contributed by atoms with E-state index >= 15 is 0 Å². The summed E-state index contributed by atoms with van der Waals surface area (Å²) in [5, 5.41) is 8.36. The van der Waals surface area contributed by atoms with Gasteiger partial charge in [-0.2, -0.15) is 0 Å². The molecule has 0 aliphatic carbocycles. The monoisotopic (exact) mass is 144 g/mol. The Hall–Kier alpha value is -0.900. The van der Waals surface area contributed by atoms with Crippen molar-refractivity contribution in [2.75, 3.05) is 13.1 Å². The van der Waals surface area contributed by atoms with Crippen molar-refractivity contribution in [3.05, 3.63) is 0 Å². The van der Waals surface area contributed by atoms with Crippen LogP contribution in [0.3, 0.4) is 0 Å². The van der Waals surface area contributed by atoms with Crippen LogP contribution in [0.25, 0.3) is 0 Å². The molecular formula is C6H12N2O2. The van der Waals surface area contributed by atoms with Gasteiger partial charge in [0.15, 0.2) is 0 Å². The quantitative estimate of drug-likeness (QED) is 0.533. The number of hydrogen-bond acceptors (Lipinski definition) is 3. The molecule has 0 aliphatic heterocycles. The van der Waals surface area contributed by atoms with E-state index in [2.05, 4.69) is 4.99 Å². The molecule has 0 aromatic carbocycles. The van der Waals surface area contributed by atoms with Gasteiger partial charge in [0, 0.05) is 12.8 Å². The predicted octanol–water partition coefficient (Wildman–Crippen LogP) is -0.263. The first kappa shape index (κ1) is 9.10. The number of rotatable bonds is 4. The minimum atomic E-state index is -0.860. The third-order valence-electron chi connectivity index (χ3n) is 0.977. The summed E-state index contributed by atoms with van der Waals surface area (Å²) in [5.74, 6) is -1.37. The van der Waals surface area contributed by atoms with E-state index in [0.29, 0.717) is 13.1 Å². The zero-order valence-corrected chi connectivity index (χ0v) is 5.95. The fraction of sp³-hybridized carbons (Fsp3) is 0.667. The second-order valence-electron chi connectivity index (χ2n) is 1.97. The van der Waals surface area contributed by atoms with Crippen LogP contribution in [0.1, 0.15) is 6.92 Å². The van der Waals surface area contributed by atoms with E-state index in [1.165, 1.54) is 6.21 Å². The van der Waals surface area contributed by atoms with Gasteiger partial charge in [-0.05, 0) is 6.92 Å². The van der Waals surface area contributed by atoms with E-state index < -0.39 is 11.9 Å². The highest BCUT2D eigenvalue weighted by molar-refractivity contribution is 5.87. The first-order valence-electron chi connectivity index (χ1n) is 3.11. The van der Waals surface area contributed by atoms with Gasteiger partial charge in [-0.1, -0.05) is 0 Å². The van der Waals surface area contributed by atoms with Crippen molar-refractivity contribution in [1.82, 2.24) is 0 Å². The lowest BCUT2D eigenvalue weighted by Crippen LogP contribution is -2.11. The van der Waals surface area contributed by atoms with Crippen LogP contribution in [0.5, 0.6) is 0 Å². The van der Waals surface area contributed by atoms with Crippen LogP contribution in [-0.4, -0.2) is 30.4 Å². The Morgan fingerprint density at radius 3 is 2.90 bits per heavy atom. The molecule has 0 heterocycles. The SMILES string of the molecule is CC(C=NCCN)C(=O)O. The lowest BCUT2D eigenvalue weighted by molar-refractivity contribution is -0.138. The van der Waals surface area contributed by atoms with Crippen molar-refractivity contribution in [3.8, 4) is 0 Å². The molecule has 10 heavy (non-hydrogen) atoms. The average Bonchev–Trinajstić information content (AvgIpc) is 1.88. The van der Waals surface area contributed by atoms with Crippen molar-refractivity contribution in [3.63, 3.8) is 0 Å². The van der Waals surface area contributed by atoms with E-state index in [9.17, 15) is 4.79 Å². The maximum Gasteiger partial charge on any atom is 0.311 e. The first-order valence-corrected chi connectivity index (χ1v) is 3.11. The van der Waals surface area contributed by atoms with Crippen LogP contribution in [0.4, 0.5) is 0 Å². The fourth-order valence-electron chi connectivity index (χ4n) is 0.371. The molecule has 1 unspecified atom stereocenters. The number of aliphatic imine (C=N–C) groups is 1. The Balaban J connectivity index is 3.55. The fourth-order valence-corrected chi connectivity index (χ4v) is 0.371. The van der Waals surface area contributed by atoms with Crippen molar-refractivity contribution in [2.24, 2.45) is 16.6 Å². The van der Waals surface area contributed by atoms with Crippen LogP contribution >= 0.6 is 0 Å². The minimum absolute atomic E-state index is 0.461. The lowest BCUT2D eigenvalue weighted by Gasteiger charge is -1.95. The molecule has 4 nitrogen and oxygen atoms in total. The molecule has 0 rings (SSSR count). The second-order valence-corrected chi connectivity index (χ2v) is 1.97. The number of carboxylic acids is 1. The maximum atomic E-state index is 10.2. The van der Waals surface area contributed by atoms with Crippen LogP contribution in [0.15, 0.2) is 4.99 Å². The van der Waals surface area contributed by atoms with Gasteiger partial charge in [0.1, 0.15) is 0 Å². The molecular weight excluding hydrogens is 132 g/mol. The summed E-state index contributed by atoms with van der Waals surface area (Å²) in [5.41, 5.74) is 5.13. The first-order chi connectivity index (χ1) is 4.68. The summed E-state index contributed by atoms with van der Waals surface area (Å²) in [7, 11) is 0. The topological polar surface area (TPSA) is 75.7 Å². The second kappa shape index (κ2) is 4.93. The smallest absolute Gasteiger partial charge is 0.311 e. The van der Waals surface area contributed by atoms with E-state index in [4.69, 9.17) is 10.8 Å². The Bertz CT molecular complexity index is 134. The van der Waals surface area contributed by atoms with E-state index in [-0.39, 0.29) is 0 Å². The van der Waals surface area contributed by atoms with Gasteiger partial charge < -0.3 is 10.8 Å². The number of nitrogens with two attached hydrogens (primary N) is 1. The molecule has 0 aromatic rings. The normalized spacial score (nSPS) is 13.8. The van der Waals surface area contributed by atoms with Gasteiger partial charge in [0.25, 0.3) is 0 Å². The van der Waals surface area contributed by atoms with Gasteiger partial charge in [0.05, 0.1) is 12.5 Å². The van der Waals surface area contributed by atoms with Crippen molar-refractivity contribution in [2.45, 2.75) is 6.92 Å². The van der Waals surface area contributed by atoms with E-state index in [1.807, 2.05) is 0 Å². The lowest BCUT2D eigenvalue weighted by atomic mass is 10.2. The Kier molecular flexibility index (Phi) is 4.49. The van der Waals surface area contributed by atoms with Crippen LogP contribution < -0.4 is 5.73 Å². The molecule has 0 amide bonds. The highest BCUT2D eigenvalue weighted by atomic mass is 16.4. The highest BCUT2D eigenvalue weighted by Crippen LogP contribution is 1.88. The van der Waals surface area contributed by atoms with Gasteiger partial charge in [-0.25, -0.2) is 0 Å². The van der Waals surface area contributed by atoms with E-state index in [0.717, 1.165) is 0 Å². The van der Waals surface area contributed by atoms with Crippen molar-refractivity contribution < 1.29 is 9.90 Å². The third kappa shape index (κ3) is 4.03. The van der Waals surface area contributed by atoms with Crippen LogP contribution in [0, 0.1) is 5.92 Å². The molecule has 1 atom stereocenters. The summed E-state index contributed by atoms with van der Waals surface area (Å²) in [6.45, 7) is 2.53. The van der Waals surface area contributed by atoms with Gasteiger partial charge >= 0.3 is 5.97 Å². The summed E-state index contributed by atoms with van der Waals surface area (Å²) >= 11 is 0. The molecule has 0 radical (unpaired) electrons. The molecule has 0 aromatic heterocycles. The molecule has 0 spiro atoms. The maximum absolute atomic E-state index is 10.2. The largest absolute Gasteiger partial charge is 0.481 e. The zero-order valence-electron chi connectivity index (χ0n) is 5.95. The molecule has 0 saturated carbocycles. The van der Waals surface area contributed by atoms with Gasteiger partial charge in [-0.3, -0.25) is 9.79 Å². The summed E-state index contributed by atoms with van der Waals surface area (Å²) in [6.07, 6.45) is 1.40. The molecule has 0 aliphatic rings. The Morgan fingerprint density at radius 1 is 1.90 bits per heavy atom. The van der Waals surface area contributed by atoms with Crippen LogP contribution in [0.2, 0.25) is 0 Å². The van der Waals surface area contributed by atoms with Gasteiger partial charge in [0.2, 0.25) is 0 Å². The summed E-state index contributed by atoms with van der Waals surface area (Å²) in [6, 6.07) is 0. The van der Waals surface area contributed by atoms with Crippen molar-refractivity contribution in [1.29, 1.82) is 0 Å². The minimum Gasteiger partial charge on any atom is -0.481 e. The molecule has 58 valence electrons. The van der Waals surface area contributed by atoms with Gasteiger partial charge in [-0.15, -0.1) is 0 Å². The molecule has 4 heteroatoms. The zero-order chi connectivity index (χ0) is 7.98. The third-order valence-corrected chi connectivity index (χ3v) is 0.977. The Labute approximate surface area is 59.8 Å². The Morgan fingerprint density at radius 2 is 2.50 bits per heavy atom. The molecule has 0 fully saturated rings. The number of carboxylic acid groups (broad SMARTS) is 1. The molecule has 0 saturated heterocycles. The van der Waals surface area contributed by atoms with E-state index in [1.54, 1.807) is 6.92 Å². The number of carbonyl (C=O) groups is 1.